The summed E-state index contributed by atoms with van der Waals surface area (Å²) in [5.74, 6) is -0.325. The van der Waals surface area contributed by atoms with Gasteiger partial charge in [-0.15, -0.1) is 4.13 Å². The first-order valence-electron chi connectivity index (χ1n) is 7.60. The quantitative estimate of drug-likeness (QED) is 0.671. The van der Waals surface area contributed by atoms with Crippen LogP contribution in [0.15, 0.2) is 59.8 Å². The highest BCUT2D eigenvalue weighted by molar-refractivity contribution is 8.01. The molecule has 0 spiro atoms. The van der Waals surface area contributed by atoms with Crippen molar-refractivity contribution in [1.82, 2.24) is 14.1 Å². The minimum atomic E-state index is -3.67. The van der Waals surface area contributed by atoms with E-state index in [-0.39, 0.29) is 16.3 Å². The lowest BCUT2D eigenvalue weighted by molar-refractivity contribution is 0.598. The van der Waals surface area contributed by atoms with Crippen molar-refractivity contribution in [2.45, 2.75) is 4.90 Å². The van der Waals surface area contributed by atoms with Crippen molar-refractivity contribution >= 4 is 26.8 Å². The third-order valence-electron chi connectivity index (χ3n) is 3.54. The van der Waals surface area contributed by atoms with Crippen LogP contribution in [0.25, 0.3) is 22.4 Å². The number of nitrogens with two attached hydrogens (primary N) is 1. The Morgan fingerprint density at radius 1 is 1.07 bits per heavy atom. The fourth-order valence-electron chi connectivity index (χ4n) is 2.42. The number of hydrogen-bond acceptors (Lipinski definition) is 6. The SMILES string of the molecule is CS(=O)(=O)NS(=O)c1ccccc1-c1ccc(-c2cnc(N)cn2)c(F)c1. The van der Waals surface area contributed by atoms with Crippen molar-refractivity contribution in [3.63, 3.8) is 0 Å². The van der Waals surface area contributed by atoms with Crippen molar-refractivity contribution in [2.24, 2.45) is 0 Å². The molecule has 0 aliphatic carbocycles. The van der Waals surface area contributed by atoms with Gasteiger partial charge in [0.15, 0.2) is 0 Å². The number of benzene rings is 2. The van der Waals surface area contributed by atoms with E-state index in [1.54, 1.807) is 24.3 Å². The van der Waals surface area contributed by atoms with Crippen LogP contribution < -0.4 is 9.86 Å². The van der Waals surface area contributed by atoms with Crippen LogP contribution in [-0.4, -0.2) is 28.9 Å². The highest BCUT2D eigenvalue weighted by Gasteiger charge is 2.16. The van der Waals surface area contributed by atoms with E-state index < -0.39 is 26.8 Å². The Balaban J connectivity index is 2.02. The van der Waals surface area contributed by atoms with Gasteiger partial charge in [0, 0.05) is 5.56 Å². The van der Waals surface area contributed by atoms with Crippen LogP contribution >= 0.6 is 0 Å². The molecule has 0 saturated heterocycles. The Kier molecular flexibility index (Phi) is 5.31. The van der Waals surface area contributed by atoms with E-state index in [4.69, 9.17) is 5.73 Å². The summed E-state index contributed by atoms with van der Waals surface area (Å²) < 4.78 is 51.7. The number of anilines is 1. The molecule has 1 unspecified atom stereocenters. The molecule has 0 aliphatic rings. The van der Waals surface area contributed by atoms with Crippen LogP contribution in [0, 0.1) is 5.82 Å². The maximum atomic E-state index is 14.6. The van der Waals surface area contributed by atoms with E-state index in [2.05, 4.69) is 9.97 Å². The summed E-state index contributed by atoms with van der Waals surface area (Å²) in [7, 11) is -5.69. The maximum Gasteiger partial charge on any atom is 0.220 e. The average Bonchev–Trinajstić information content (AvgIpc) is 2.61. The number of nitrogens with one attached hydrogen (secondary N) is 1. The highest BCUT2D eigenvalue weighted by Crippen LogP contribution is 2.30. The monoisotopic (exact) mass is 406 g/mol. The van der Waals surface area contributed by atoms with Gasteiger partial charge in [0.05, 0.1) is 29.2 Å². The zero-order valence-electron chi connectivity index (χ0n) is 14.1. The standard InChI is InChI=1S/C17H15FN4O3S2/c1-27(24,25)22-26(23)16-5-3-2-4-12(16)11-6-7-13(14(18)8-11)15-9-21-17(19)10-20-15/h2-10,22H,1H3,(H2,19,21). The Bertz CT molecular complexity index is 1120. The van der Waals surface area contributed by atoms with E-state index in [1.807, 2.05) is 4.13 Å². The third kappa shape index (κ3) is 4.54. The Hall–Kier alpha value is -2.69. The predicted octanol–water partition coefficient (Wildman–Crippen LogP) is 2.10. The third-order valence-corrected chi connectivity index (χ3v) is 6.11. The number of aromatic nitrogens is 2. The Labute approximate surface area is 158 Å². The van der Waals surface area contributed by atoms with E-state index in [0.29, 0.717) is 16.8 Å². The fourth-order valence-corrected chi connectivity index (χ4v) is 4.46. The molecular formula is C17H15FN4O3S2. The molecule has 0 fully saturated rings. The molecule has 0 radical (unpaired) electrons. The second kappa shape index (κ2) is 7.51. The maximum absolute atomic E-state index is 14.6. The molecule has 2 aromatic carbocycles. The van der Waals surface area contributed by atoms with E-state index >= 15 is 0 Å². The molecule has 1 heterocycles. The van der Waals surface area contributed by atoms with Gasteiger partial charge in [-0.1, -0.05) is 24.3 Å². The Morgan fingerprint density at radius 2 is 1.81 bits per heavy atom. The summed E-state index contributed by atoms with van der Waals surface area (Å²) in [6, 6.07) is 10.9. The lowest BCUT2D eigenvalue weighted by Gasteiger charge is -2.11. The van der Waals surface area contributed by atoms with E-state index in [9.17, 15) is 17.0 Å². The summed E-state index contributed by atoms with van der Waals surface area (Å²) >= 11 is 0. The smallest absolute Gasteiger partial charge is 0.220 e. The summed E-state index contributed by atoms with van der Waals surface area (Å²) in [6.45, 7) is 0. The van der Waals surface area contributed by atoms with Gasteiger partial charge in [-0.25, -0.2) is 22.0 Å². The topological polar surface area (TPSA) is 115 Å². The summed E-state index contributed by atoms with van der Waals surface area (Å²) in [4.78, 5) is 8.16. The predicted molar refractivity (Wildman–Crippen MR) is 102 cm³/mol. The molecule has 3 aromatic rings. The van der Waals surface area contributed by atoms with Crippen LogP contribution in [0.4, 0.5) is 10.2 Å². The molecule has 0 saturated carbocycles. The molecule has 3 rings (SSSR count). The zero-order chi connectivity index (χ0) is 19.6. The lowest BCUT2D eigenvalue weighted by Crippen LogP contribution is -2.24. The number of hydrogen-bond donors (Lipinski definition) is 2. The van der Waals surface area contributed by atoms with Crippen molar-refractivity contribution in [3.8, 4) is 22.4 Å². The van der Waals surface area contributed by atoms with Crippen molar-refractivity contribution < 1.29 is 17.0 Å². The van der Waals surface area contributed by atoms with Crippen LogP contribution in [0.3, 0.4) is 0 Å². The van der Waals surface area contributed by atoms with Gasteiger partial charge < -0.3 is 5.73 Å². The molecule has 10 heteroatoms. The van der Waals surface area contributed by atoms with Crippen molar-refractivity contribution in [3.05, 3.63) is 60.7 Å². The lowest BCUT2D eigenvalue weighted by atomic mass is 10.0. The highest BCUT2D eigenvalue weighted by atomic mass is 32.3. The first kappa shape index (κ1) is 19.1. The first-order valence-corrected chi connectivity index (χ1v) is 10.6. The number of halogens is 1. The largest absolute Gasteiger partial charge is 0.382 e. The number of sulfonamides is 1. The van der Waals surface area contributed by atoms with Gasteiger partial charge in [0.25, 0.3) is 0 Å². The molecule has 140 valence electrons. The van der Waals surface area contributed by atoms with Crippen molar-refractivity contribution in [1.29, 1.82) is 0 Å². The molecular weight excluding hydrogens is 391 g/mol. The van der Waals surface area contributed by atoms with Gasteiger partial charge in [-0.3, -0.25) is 4.98 Å². The van der Waals surface area contributed by atoms with Gasteiger partial charge in [-0.05, 0) is 29.3 Å². The molecule has 7 nitrogen and oxygen atoms in total. The second-order valence-electron chi connectivity index (χ2n) is 5.64. The van der Waals surface area contributed by atoms with Crippen LogP contribution in [0.2, 0.25) is 0 Å². The molecule has 0 aliphatic heterocycles. The van der Waals surface area contributed by atoms with E-state index in [0.717, 1.165) is 6.26 Å². The molecule has 1 aromatic heterocycles. The second-order valence-corrected chi connectivity index (χ2v) is 8.83. The van der Waals surface area contributed by atoms with Crippen molar-refractivity contribution in [2.75, 3.05) is 12.0 Å². The van der Waals surface area contributed by atoms with E-state index in [1.165, 1.54) is 30.6 Å². The Morgan fingerprint density at radius 3 is 2.44 bits per heavy atom. The zero-order valence-corrected chi connectivity index (χ0v) is 15.7. The molecule has 27 heavy (non-hydrogen) atoms. The normalized spacial score (nSPS) is 12.7. The minimum Gasteiger partial charge on any atom is -0.382 e. The molecule has 3 N–H and O–H groups in total. The molecule has 0 amide bonds. The van der Waals surface area contributed by atoms with Crippen LogP contribution in [0.5, 0.6) is 0 Å². The molecule has 0 bridgehead atoms. The number of nitrogens with zero attached hydrogens (tertiary/aromatic N) is 2. The number of nitrogen functional groups attached to an aromatic ring is 1. The minimum absolute atomic E-state index is 0.224. The van der Waals surface area contributed by atoms with Crippen LogP contribution in [-0.2, 0) is 21.0 Å². The number of rotatable bonds is 5. The molecule has 1 atom stereocenters. The van der Waals surface area contributed by atoms with Gasteiger partial charge in [0.2, 0.25) is 10.0 Å². The average molecular weight is 406 g/mol. The first-order chi connectivity index (χ1) is 12.7. The van der Waals surface area contributed by atoms with Gasteiger partial charge in [-0.2, -0.15) is 0 Å². The van der Waals surface area contributed by atoms with Gasteiger partial charge in [0.1, 0.15) is 22.6 Å². The summed E-state index contributed by atoms with van der Waals surface area (Å²) in [5, 5.41) is 0. The van der Waals surface area contributed by atoms with Gasteiger partial charge >= 0.3 is 0 Å². The summed E-state index contributed by atoms with van der Waals surface area (Å²) in [5.41, 5.74) is 6.93. The van der Waals surface area contributed by atoms with Crippen LogP contribution in [0.1, 0.15) is 0 Å². The fraction of sp³-hybridized carbons (Fsp3) is 0.0588. The summed E-state index contributed by atoms with van der Waals surface area (Å²) in [6.07, 6.45) is 3.61.